The summed E-state index contributed by atoms with van der Waals surface area (Å²) in [7, 11) is 0. The van der Waals surface area contributed by atoms with Crippen LogP contribution in [0.25, 0.3) is 88.6 Å². The number of benzene rings is 5. The number of rotatable bonds is 5. The van der Waals surface area contributed by atoms with Crippen LogP contribution >= 0.6 is 12.6 Å². The Morgan fingerprint density at radius 3 is 2.39 bits per heavy atom. The summed E-state index contributed by atoms with van der Waals surface area (Å²) in [6, 6.07) is 56.5. The van der Waals surface area contributed by atoms with Crippen molar-refractivity contribution < 1.29 is 4.42 Å². The topological polar surface area (TPSA) is 56.7 Å². The zero-order valence-corrected chi connectivity index (χ0v) is 31.1. The van der Waals surface area contributed by atoms with Gasteiger partial charge in [0, 0.05) is 38.2 Å². The minimum absolute atomic E-state index is 0.122. The number of thiol groups is 1. The van der Waals surface area contributed by atoms with Crippen molar-refractivity contribution in [2.24, 2.45) is 0 Å². The molecular weight excluding hydrogens is 705 g/mol. The lowest BCUT2D eigenvalue weighted by Gasteiger charge is -2.22. The van der Waals surface area contributed by atoms with Gasteiger partial charge in [-0.05, 0) is 101 Å². The van der Waals surface area contributed by atoms with E-state index in [1.165, 1.54) is 32.7 Å². The second-order valence-corrected chi connectivity index (χ2v) is 14.8. The fourth-order valence-electron chi connectivity index (χ4n) is 8.24. The minimum Gasteiger partial charge on any atom is -0.455 e. The largest absolute Gasteiger partial charge is 0.455 e. The molecule has 11 rings (SSSR count). The number of hydrogen-bond donors (Lipinski definition) is 1. The van der Waals surface area contributed by atoms with Gasteiger partial charge >= 0.3 is 0 Å². The van der Waals surface area contributed by atoms with Gasteiger partial charge in [0.15, 0.2) is 11.6 Å². The van der Waals surface area contributed by atoms with Gasteiger partial charge in [-0.3, -0.25) is 0 Å². The second kappa shape index (κ2) is 12.7. The van der Waals surface area contributed by atoms with Gasteiger partial charge in [-0.1, -0.05) is 103 Å². The van der Waals surface area contributed by atoms with Gasteiger partial charge in [-0.2, -0.15) is 0 Å². The van der Waals surface area contributed by atoms with Crippen LogP contribution in [0.3, 0.4) is 0 Å². The molecule has 0 N–H and O–H groups in total. The van der Waals surface area contributed by atoms with Crippen LogP contribution in [0.4, 0.5) is 0 Å². The predicted molar refractivity (Wildman–Crippen MR) is 229 cm³/mol. The van der Waals surface area contributed by atoms with Crippen LogP contribution < -0.4 is 0 Å². The van der Waals surface area contributed by atoms with E-state index in [1.54, 1.807) is 0 Å². The highest BCUT2D eigenvalue weighted by atomic mass is 32.1. The van der Waals surface area contributed by atoms with Crippen molar-refractivity contribution in [1.82, 2.24) is 19.5 Å². The summed E-state index contributed by atoms with van der Waals surface area (Å²) >= 11 is 4.91. The van der Waals surface area contributed by atoms with E-state index in [0.29, 0.717) is 29.5 Å². The summed E-state index contributed by atoms with van der Waals surface area (Å²) in [5.74, 6) is 1.62. The van der Waals surface area contributed by atoms with Crippen molar-refractivity contribution in [3.05, 3.63) is 186 Å². The minimum atomic E-state index is -0.122. The van der Waals surface area contributed by atoms with Crippen LogP contribution in [0, 0.1) is 31.2 Å². The highest BCUT2D eigenvalue weighted by Gasteiger charge is 2.26. The number of aromatic nitrogens is 4. The van der Waals surface area contributed by atoms with E-state index in [2.05, 4.69) is 145 Å². The van der Waals surface area contributed by atoms with Gasteiger partial charge in [0.1, 0.15) is 17.0 Å². The molecule has 3 heterocycles. The first-order valence-electron chi connectivity index (χ1n) is 18.6. The maximum absolute atomic E-state index is 6.67. The van der Waals surface area contributed by atoms with Gasteiger partial charge in [-0.15, -0.1) is 12.6 Å². The molecule has 10 aromatic rings. The van der Waals surface area contributed by atoms with Crippen LogP contribution in [0.5, 0.6) is 0 Å². The number of fused-ring (bicyclic) bond motifs is 7. The van der Waals surface area contributed by atoms with Crippen molar-refractivity contribution in [3.63, 3.8) is 0 Å². The summed E-state index contributed by atoms with van der Waals surface area (Å²) < 4.78 is 9.01. The molecule has 0 radical (unpaired) electrons. The van der Waals surface area contributed by atoms with E-state index in [-0.39, 0.29) is 5.92 Å². The highest BCUT2D eigenvalue weighted by molar-refractivity contribution is 7.85. The lowest BCUT2D eigenvalue weighted by atomic mass is 9.87. The lowest BCUT2D eigenvalue weighted by Crippen LogP contribution is -2.10. The maximum Gasteiger partial charge on any atom is 0.167 e. The number of nitrogens with zero attached hydrogens (tertiary/aromatic N) is 4. The summed E-state index contributed by atoms with van der Waals surface area (Å²) in [6.45, 7) is 2.14. The Hall–Kier alpha value is -7.12. The number of allylic oxidation sites excluding steroid dienone is 3. The zero-order valence-electron chi connectivity index (χ0n) is 30.2. The zero-order chi connectivity index (χ0) is 37.3. The summed E-state index contributed by atoms with van der Waals surface area (Å²) in [6.07, 6.45) is 4.92. The molecule has 0 amide bonds. The molecule has 5 nitrogen and oxygen atoms in total. The molecule has 262 valence electrons. The quantitative estimate of drug-likeness (QED) is 0.179. The molecule has 7 aromatic carbocycles. The first kappa shape index (κ1) is 32.3. The number of para-hydroxylation sites is 1. The number of hydrogen-bond acceptors (Lipinski definition) is 5. The smallest absolute Gasteiger partial charge is 0.167 e. The third kappa shape index (κ3) is 5.19. The van der Waals surface area contributed by atoms with Gasteiger partial charge in [0.05, 0.1) is 22.0 Å². The Bertz CT molecular complexity index is 3260. The van der Waals surface area contributed by atoms with Crippen LogP contribution in [-0.4, -0.2) is 19.5 Å². The molecule has 56 heavy (non-hydrogen) atoms. The van der Waals surface area contributed by atoms with E-state index < -0.39 is 0 Å². The molecule has 0 bridgehead atoms. The highest BCUT2D eigenvalue weighted by Crippen LogP contribution is 2.42. The van der Waals surface area contributed by atoms with E-state index in [1.807, 2.05) is 30.3 Å². The molecule has 0 fully saturated rings. The van der Waals surface area contributed by atoms with E-state index in [9.17, 15) is 0 Å². The van der Waals surface area contributed by atoms with E-state index >= 15 is 0 Å². The van der Waals surface area contributed by atoms with Crippen molar-refractivity contribution >= 4 is 72.7 Å². The van der Waals surface area contributed by atoms with Gasteiger partial charge in [0.25, 0.3) is 0 Å². The van der Waals surface area contributed by atoms with Gasteiger partial charge < -0.3 is 8.98 Å². The summed E-state index contributed by atoms with van der Waals surface area (Å²) in [5.41, 5.74) is 9.70. The monoisotopic (exact) mass is 734 g/mol. The first-order valence-corrected chi connectivity index (χ1v) is 19.0. The molecule has 1 unspecified atom stereocenters. The van der Waals surface area contributed by atoms with Crippen LogP contribution in [0.2, 0.25) is 0 Å². The molecule has 6 heteroatoms. The Balaban J connectivity index is 1.17. The Kier molecular flexibility index (Phi) is 7.35. The van der Waals surface area contributed by atoms with Crippen LogP contribution in [-0.2, 0) is 0 Å². The Morgan fingerprint density at radius 1 is 0.714 bits per heavy atom. The summed E-state index contributed by atoms with van der Waals surface area (Å²) in [5, 5.41) is 6.50. The standard InChI is InChI=1S/C50H30N4OS/c1-30-13-5-8-18-36(30)40-26-34(23-24-46(40)56)49-51-48(31-14-3-2-4-15-31)52-50(53-49)42-29-35(28-41-38-20-10-12-22-45(38)55-47(41)42)54-43-21-11-9-19-37(43)39-25-32-16-6-7-17-33(32)27-44(39)54/h3,5-9,11-19,21-25,27-29,34,56H,26H2,1H3. The third-order valence-corrected chi connectivity index (χ3v) is 11.4. The molecule has 0 saturated heterocycles. The SMILES string of the molecule is Cc1ccccc1C1=C(S)C=CC(c2nc(-c3cc#ccc3)nc(-c3cc(-n4c5ccccc5c5cc6ccccc6cc54)cc4c3oc3ccc#cc34)n2)C1. The number of furan rings is 1. The summed E-state index contributed by atoms with van der Waals surface area (Å²) in [4.78, 5) is 16.6. The van der Waals surface area contributed by atoms with Gasteiger partial charge in [-0.25, -0.2) is 15.0 Å². The number of aryl methyl sites for hydroxylation is 1. The van der Waals surface area contributed by atoms with Crippen molar-refractivity contribution in [1.29, 1.82) is 0 Å². The average molecular weight is 735 g/mol. The molecule has 0 saturated carbocycles. The molecule has 3 aromatic heterocycles. The van der Waals surface area contributed by atoms with Crippen LogP contribution in [0.1, 0.15) is 29.3 Å². The molecular formula is C50H30N4OS. The fraction of sp³-hybridized carbons (Fsp3) is 0.0600. The molecule has 1 aliphatic carbocycles. The fourth-order valence-corrected chi connectivity index (χ4v) is 8.54. The average Bonchev–Trinajstić information content (AvgIpc) is 3.78. The maximum atomic E-state index is 6.67. The Morgan fingerprint density at radius 2 is 1.52 bits per heavy atom. The molecule has 0 spiro atoms. The van der Waals surface area contributed by atoms with Crippen LogP contribution in [0.15, 0.2) is 149 Å². The van der Waals surface area contributed by atoms with Crippen molar-refractivity contribution in [2.75, 3.05) is 0 Å². The second-order valence-electron chi connectivity index (χ2n) is 14.3. The van der Waals surface area contributed by atoms with E-state index in [4.69, 9.17) is 32.0 Å². The van der Waals surface area contributed by atoms with Crippen molar-refractivity contribution in [3.8, 4) is 28.5 Å². The van der Waals surface area contributed by atoms with Gasteiger partial charge in [0.2, 0.25) is 0 Å². The Labute approximate surface area is 328 Å². The first-order chi connectivity index (χ1) is 27.6. The lowest BCUT2D eigenvalue weighted by molar-refractivity contribution is 0.669. The molecule has 1 aliphatic rings. The van der Waals surface area contributed by atoms with E-state index in [0.717, 1.165) is 54.7 Å². The third-order valence-electron chi connectivity index (χ3n) is 10.9. The normalized spacial score (nSPS) is 14.3. The predicted octanol–water partition coefficient (Wildman–Crippen LogP) is 12.2. The molecule has 1 atom stereocenters. The molecule has 0 aliphatic heterocycles. The van der Waals surface area contributed by atoms with Crippen molar-refractivity contribution in [2.45, 2.75) is 19.3 Å².